The number of hydrogen-bond acceptors (Lipinski definition) is 8. The molecule has 1 aliphatic heterocycles. The van der Waals surface area contributed by atoms with Crippen molar-refractivity contribution in [2.75, 3.05) is 23.1 Å². The van der Waals surface area contributed by atoms with E-state index in [0.717, 1.165) is 6.07 Å². The van der Waals surface area contributed by atoms with Gasteiger partial charge in [-0.15, -0.1) is 0 Å². The first-order valence-electron chi connectivity index (χ1n) is 13.2. The van der Waals surface area contributed by atoms with Crippen LogP contribution in [0.4, 0.5) is 24.8 Å². The van der Waals surface area contributed by atoms with Crippen LogP contribution in [0.1, 0.15) is 24.5 Å². The third kappa shape index (κ3) is 6.97. The average molecular weight is 599 g/mol. The molecule has 0 amide bonds. The predicted octanol–water partition coefficient (Wildman–Crippen LogP) is 5.36. The molecule has 220 valence electrons. The second kappa shape index (κ2) is 11.9. The van der Waals surface area contributed by atoms with Gasteiger partial charge in [-0.3, -0.25) is 4.72 Å². The summed E-state index contributed by atoms with van der Waals surface area (Å²) in [6.07, 6.45) is 3.25. The molecule has 1 saturated heterocycles. The lowest BCUT2D eigenvalue weighted by atomic mass is 9.95. The number of piperidine rings is 1. The highest BCUT2D eigenvalue weighted by Gasteiger charge is 2.32. The van der Waals surface area contributed by atoms with E-state index in [9.17, 15) is 12.8 Å². The molecule has 3 heterocycles. The first kappa shape index (κ1) is 29.3. The number of rotatable bonds is 9. The van der Waals surface area contributed by atoms with Gasteiger partial charge in [0.25, 0.3) is 0 Å². The maximum Gasteiger partial charge on any atom is 0.237 e. The zero-order chi connectivity index (χ0) is 29.9. The molecule has 42 heavy (non-hydrogen) atoms. The number of aromatic nitrogens is 3. The molecule has 3 N–H and O–H groups in total. The molecular formula is C29H29F3N6O3S. The van der Waals surface area contributed by atoms with Crippen LogP contribution in [0.3, 0.4) is 0 Å². The number of nitrogens with zero attached hydrogens (tertiary/aromatic N) is 3. The van der Waals surface area contributed by atoms with E-state index < -0.39 is 38.8 Å². The summed E-state index contributed by atoms with van der Waals surface area (Å²) in [6.45, 7) is 3.68. The highest BCUT2D eigenvalue weighted by Crippen LogP contribution is 2.36. The predicted molar refractivity (Wildman–Crippen MR) is 154 cm³/mol. The number of ether oxygens (including phenoxy) is 1. The van der Waals surface area contributed by atoms with E-state index >= 15 is 8.78 Å². The third-order valence-corrected chi connectivity index (χ3v) is 7.90. The lowest BCUT2D eigenvalue weighted by Gasteiger charge is -2.33. The fourth-order valence-electron chi connectivity index (χ4n) is 4.68. The van der Waals surface area contributed by atoms with E-state index in [1.165, 1.54) is 26.2 Å². The van der Waals surface area contributed by atoms with Crippen molar-refractivity contribution >= 4 is 21.7 Å². The Morgan fingerprint density at radius 2 is 1.88 bits per heavy atom. The van der Waals surface area contributed by atoms with Gasteiger partial charge in [-0.2, -0.15) is 0 Å². The second-order valence-electron chi connectivity index (χ2n) is 10.3. The van der Waals surface area contributed by atoms with Crippen molar-refractivity contribution in [1.82, 2.24) is 20.3 Å². The van der Waals surface area contributed by atoms with Crippen molar-refractivity contribution in [2.45, 2.75) is 37.7 Å². The second-order valence-corrected chi connectivity index (χ2v) is 12.1. The summed E-state index contributed by atoms with van der Waals surface area (Å²) in [4.78, 5) is 13.0. The van der Waals surface area contributed by atoms with Gasteiger partial charge in [-0.05, 0) is 37.6 Å². The van der Waals surface area contributed by atoms with Crippen LogP contribution in [0, 0.1) is 18.6 Å². The van der Waals surface area contributed by atoms with Crippen molar-refractivity contribution < 1.29 is 26.3 Å². The normalized spacial score (nSPS) is 18.8. The van der Waals surface area contributed by atoms with Gasteiger partial charge in [0.2, 0.25) is 21.9 Å². The van der Waals surface area contributed by atoms with E-state index in [4.69, 9.17) is 4.74 Å². The molecule has 5 rings (SSSR count). The van der Waals surface area contributed by atoms with E-state index in [1.807, 2.05) is 4.72 Å². The highest BCUT2D eigenvalue weighted by atomic mass is 32.2. The fraction of sp³-hybridized carbons (Fsp3) is 0.276. The number of anilines is 2. The standard InChI is InChI=1S/C29H29F3N6O3S/c1-18-24(13-22(30)26(25(18)31)38-42(39,40)16-19-7-4-3-5-8-19)41-27-21(9-6-11-34-27)23-10-12-35-28(37-23)36-20-14-29(2,32)17-33-15-20/h3-13,20,33,38H,14-17H2,1-2H3,(H,35,36,37)/t20-,29-/m0/s1. The minimum absolute atomic E-state index is 0.0112. The van der Waals surface area contributed by atoms with E-state index in [2.05, 4.69) is 25.6 Å². The molecule has 0 saturated carbocycles. The van der Waals surface area contributed by atoms with Crippen LogP contribution in [0.2, 0.25) is 0 Å². The van der Waals surface area contributed by atoms with Crippen LogP contribution in [-0.2, 0) is 15.8 Å². The van der Waals surface area contributed by atoms with Gasteiger partial charge in [0, 0.05) is 49.6 Å². The summed E-state index contributed by atoms with van der Waals surface area (Å²) < 4.78 is 78.0. The number of alkyl halides is 1. The molecule has 0 radical (unpaired) electrons. The van der Waals surface area contributed by atoms with Gasteiger partial charge in [-0.1, -0.05) is 30.3 Å². The van der Waals surface area contributed by atoms with Crippen molar-refractivity contribution in [2.24, 2.45) is 0 Å². The minimum atomic E-state index is -4.11. The number of benzene rings is 2. The van der Waals surface area contributed by atoms with Crippen LogP contribution in [0.15, 0.2) is 67.0 Å². The monoisotopic (exact) mass is 598 g/mol. The minimum Gasteiger partial charge on any atom is -0.438 e. The van der Waals surface area contributed by atoms with E-state index in [-0.39, 0.29) is 42.1 Å². The molecule has 2 atom stereocenters. The molecule has 13 heteroatoms. The van der Waals surface area contributed by atoms with Crippen LogP contribution < -0.4 is 20.1 Å². The molecule has 1 fully saturated rings. The summed E-state index contributed by atoms with van der Waals surface area (Å²) in [5.74, 6) is -2.64. The Kier molecular flexibility index (Phi) is 8.32. The summed E-state index contributed by atoms with van der Waals surface area (Å²) >= 11 is 0. The van der Waals surface area contributed by atoms with Crippen molar-refractivity contribution in [1.29, 1.82) is 0 Å². The number of halogens is 3. The van der Waals surface area contributed by atoms with E-state index in [0.29, 0.717) is 23.4 Å². The van der Waals surface area contributed by atoms with Gasteiger partial charge in [0.1, 0.15) is 17.1 Å². The van der Waals surface area contributed by atoms with Gasteiger partial charge in [0.15, 0.2) is 11.6 Å². The lowest BCUT2D eigenvalue weighted by Crippen LogP contribution is -2.50. The Hall–Kier alpha value is -4.23. The number of nitrogens with one attached hydrogen (secondary N) is 3. The van der Waals surface area contributed by atoms with Crippen molar-refractivity contribution in [3.8, 4) is 22.9 Å². The molecule has 0 spiro atoms. The Bertz CT molecular complexity index is 1690. The smallest absolute Gasteiger partial charge is 0.237 e. The van der Waals surface area contributed by atoms with Gasteiger partial charge in [0.05, 0.1) is 17.0 Å². The molecular weight excluding hydrogens is 569 g/mol. The first-order chi connectivity index (χ1) is 20.0. The van der Waals surface area contributed by atoms with Crippen molar-refractivity contribution in [3.05, 3.63) is 89.8 Å². The van der Waals surface area contributed by atoms with Crippen LogP contribution in [0.25, 0.3) is 11.3 Å². The molecule has 0 aliphatic carbocycles. The van der Waals surface area contributed by atoms with Gasteiger partial charge >= 0.3 is 0 Å². The molecule has 0 unspecified atom stereocenters. The SMILES string of the molecule is Cc1c(Oc2ncccc2-c2ccnc(N[C@@H]3CNC[C@@](C)(F)C3)n2)cc(F)c(NS(=O)(=O)Cc2ccccc2)c1F. The Morgan fingerprint density at radius 3 is 2.64 bits per heavy atom. The Labute approximate surface area is 241 Å². The Balaban J connectivity index is 1.38. The number of hydrogen-bond donors (Lipinski definition) is 3. The van der Waals surface area contributed by atoms with Crippen LogP contribution >= 0.6 is 0 Å². The number of sulfonamides is 1. The van der Waals surface area contributed by atoms with Crippen LogP contribution in [-0.4, -0.2) is 48.2 Å². The summed E-state index contributed by atoms with van der Waals surface area (Å²) in [5.41, 5.74) is -1.01. The van der Waals surface area contributed by atoms with Gasteiger partial charge in [-0.25, -0.2) is 36.5 Å². The summed E-state index contributed by atoms with van der Waals surface area (Å²) in [5, 5.41) is 6.19. The maximum absolute atomic E-state index is 15.3. The fourth-order valence-corrected chi connectivity index (χ4v) is 5.88. The van der Waals surface area contributed by atoms with E-state index in [1.54, 1.807) is 48.5 Å². The zero-order valence-electron chi connectivity index (χ0n) is 22.9. The van der Waals surface area contributed by atoms with Crippen LogP contribution in [0.5, 0.6) is 11.6 Å². The zero-order valence-corrected chi connectivity index (χ0v) is 23.7. The largest absolute Gasteiger partial charge is 0.438 e. The molecule has 2 aromatic carbocycles. The Morgan fingerprint density at radius 1 is 1.10 bits per heavy atom. The molecule has 0 bridgehead atoms. The highest BCUT2D eigenvalue weighted by molar-refractivity contribution is 7.91. The topological polar surface area (TPSA) is 118 Å². The lowest BCUT2D eigenvalue weighted by molar-refractivity contribution is 0.137. The van der Waals surface area contributed by atoms with Gasteiger partial charge < -0.3 is 15.4 Å². The quantitative estimate of drug-likeness (QED) is 0.236. The maximum atomic E-state index is 15.3. The number of pyridine rings is 1. The molecule has 9 nitrogen and oxygen atoms in total. The average Bonchev–Trinajstić information content (AvgIpc) is 2.94. The first-order valence-corrected chi connectivity index (χ1v) is 14.8. The molecule has 4 aromatic rings. The third-order valence-electron chi connectivity index (χ3n) is 6.67. The summed E-state index contributed by atoms with van der Waals surface area (Å²) in [7, 11) is -4.11. The molecule has 2 aromatic heterocycles. The van der Waals surface area contributed by atoms with Crippen molar-refractivity contribution in [3.63, 3.8) is 0 Å². The summed E-state index contributed by atoms with van der Waals surface area (Å²) in [6, 6.07) is 13.9. The molecule has 1 aliphatic rings.